The van der Waals surface area contributed by atoms with Gasteiger partial charge in [0.05, 0.1) is 34.7 Å². The third kappa shape index (κ3) is 18.5. The van der Waals surface area contributed by atoms with Crippen LogP contribution in [0.25, 0.3) is 11.1 Å². The number of fused-ring (bicyclic) bond motifs is 15. The summed E-state index contributed by atoms with van der Waals surface area (Å²) >= 11 is 14.3. The van der Waals surface area contributed by atoms with Crippen molar-refractivity contribution in [1.29, 1.82) is 0 Å². The van der Waals surface area contributed by atoms with E-state index in [-0.39, 0.29) is 45.8 Å². The number of ether oxygens (including phenoxy) is 7. The van der Waals surface area contributed by atoms with E-state index < -0.39 is 243 Å². The minimum atomic E-state index is -2.33. The number of aromatic hydroxyl groups is 3. The first-order chi connectivity index (χ1) is 53.1. The number of carboxylic acids is 1. The van der Waals surface area contributed by atoms with Crippen molar-refractivity contribution in [2.45, 2.75) is 207 Å². The Morgan fingerprint density at radius 2 is 1.36 bits per heavy atom. The van der Waals surface area contributed by atoms with Crippen LogP contribution >= 0.6 is 23.2 Å². The van der Waals surface area contributed by atoms with E-state index >= 15 is 19.2 Å². The molecule has 5 aromatic carbocycles. The maximum atomic E-state index is 16.2. The Kier molecular flexibility index (Phi) is 26.1. The molecule has 7 aliphatic heterocycles. The van der Waals surface area contributed by atoms with Crippen molar-refractivity contribution >= 4 is 70.7 Å². The van der Waals surface area contributed by atoms with Crippen molar-refractivity contribution < 1.29 is 123 Å². The van der Waals surface area contributed by atoms with Gasteiger partial charge in [0.2, 0.25) is 47.5 Å². The Bertz CT molecular complexity index is 4420. The molecule has 7 amide bonds. The van der Waals surface area contributed by atoms with Crippen LogP contribution < -0.4 is 62.5 Å². The van der Waals surface area contributed by atoms with Gasteiger partial charge in [-0.2, -0.15) is 0 Å². The highest BCUT2D eigenvalue weighted by atomic mass is 35.5. The molecule has 2 fully saturated rings. The van der Waals surface area contributed by atoms with Gasteiger partial charge < -0.3 is 127 Å². The molecule has 2 unspecified atom stereocenters. The summed E-state index contributed by atoms with van der Waals surface area (Å²) in [6.07, 6.45) is -12.7. The molecule has 0 radical (unpaired) electrons. The number of amides is 7. The van der Waals surface area contributed by atoms with E-state index in [4.69, 9.17) is 62.1 Å². The number of benzene rings is 5. The molecule has 8 aliphatic rings. The highest BCUT2D eigenvalue weighted by molar-refractivity contribution is 6.32. The molecule has 604 valence electrons. The molecular weight excluding hydrogens is 1510 g/mol. The van der Waals surface area contributed by atoms with Crippen molar-refractivity contribution in [3.63, 3.8) is 0 Å². The van der Waals surface area contributed by atoms with Crippen molar-refractivity contribution in [2.75, 3.05) is 13.7 Å². The number of likely N-dealkylation sites (N-methyl/N-ethyl adjacent to an activating group) is 1. The molecule has 112 heavy (non-hydrogen) atoms. The van der Waals surface area contributed by atoms with Crippen molar-refractivity contribution in [3.05, 3.63) is 129 Å². The molecule has 20 atom stereocenters. The minimum absolute atomic E-state index is 0.0269. The summed E-state index contributed by atoms with van der Waals surface area (Å²) < 4.78 is 45.0. The summed E-state index contributed by atoms with van der Waals surface area (Å²) in [5.41, 5.74) is 1.57. The molecule has 0 spiro atoms. The van der Waals surface area contributed by atoms with E-state index in [1.807, 2.05) is 19.9 Å². The smallest absolute Gasteiger partial charge is 0.408 e. The molecule has 0 saturated carbocycles. The third-order valence-corrected chi connectivity index (χ3v) is 21.2. The van der Waals surface area contributed by atoms with E-state index in [9.17, 15) is 70.2 Å². The third-order valence-electron chi connectivity index (χ3n) is 20.6. The van der Waals surface area contributed by atoms with Crippen LogP contribution in [0.5, 0.6) is 46.0 Å². The first-order valence-corrected chi connectivity index (χ1v) is 37.2. The molecule has 13 rings (SSSR count). The van der Waals surface area contributed by atoms with E-state index in [1.54, 1.807) is 20.0 Å². The Hall–Kier alpha value is -9.66. The summed E-state index contributed by atoms with van der Waals surface area (Å²) in [6.45, 7) is 7.64. The lowest BCUT2D eigenvalue weighted by Crippen LogP contribution is -2.66. The number of alkyl carbamates (subject to hydrolysis) is 1. The fraction of sp³-hybridized carbons (Fsp3) is 0.474. The van der Waals surface area contributed by atoms with E-state index in [0.29, 0.717) is 12.8 Å². The van der Waals surface area contributed by atoms with Gasteiger partial charge in [0, 0.05) is 41.3 Å². The number of aliphatic carboxylic acids is 1. The monoisotopic (exact) mass is 1600 g/mol. The first-order valence-electron chi connectivity index (χ1n) is 36.4. The van der Waals surface area contributed by atoms with Gasteiger partial charge in [-0.1, -0.05) is 67.7 Å². The van der Waals surface area contributed by atoms with Gasteiger partial charge in [0.1, 0.15) is 102 Å². The van der Waals surface area contributed by atoms with Gasteiger partial charge >= 0.3 is 12.1 Å². The van der Waals surface area contributed by atoms with Gasteiger partial charge in [-0.15, -0.1) is 0 Å². The van der Waals surface area contributed by atoms with Crippen molar-refractivity contribution in [1.82, 2.24) is 42.5 Å². The molecule has 11 bridgehead atoms. The quantitative estimate of drug-likeness (QED) is 0.0627. The Morgan fingerprint density at radius 1 is 0.714 bits per heavy atom. The fourth-order valence-corrected chi connectivity index (χ4v) is 15.1. The molecule has 34 nitrogen and oxygen atoms in total. The molecule has 0 aromatic heterocycles. The molecule has 7 heterocycles. The molecule has 2 saturated heterocycles. The number of aliphatic hydroxyl groups excluding tert-OH is 6. The Labute approximate surface area is 651 Å². The number of nitrogens with two attached hydrogens (primary N) is 1. The Balaban J connectivity index is 1.12. The first kappa shape index (κ1) is 83.3. The summed E-state index contributed by atoms with van der Waals surface area (Å²) in [5.74, 6) is -14.5. The number of aliphatic hydroxyl groups is 6. The summed E-state index contributed by atoms with van der Waals surface area (Å²) in [4.78, 5) is 118. The van der Waals surface area contributed by atoms with Crippen LogP contribution in [0.2, 0.25) is 10.0 Å². The van der Waals surface area contributed by atoms with Crippen LogP contribution in [0.4, 0.5) is 4.79 Å². The second-order valence-electron chi connectivity index (χ2n) is 29.3. The molecule has 20 N–H and O–H groups in total. The lowest BCUT2D eigenvalue weighted by molar-refractivity contribution is -0.334. The number of allylic oxidation sites excluding steroid dienone is 1. The highest BCUT2D eigenvalue weighted by Gasteiger charge is 2.53. The molecular formula is C76H91Cl2N9O25. The van der Waals surface area contributed by atoms with Crippen LogP contribution in [0, 0.1) is 5.92 Å². The standard InChI is InChI=1S/C76H91Cl2N9O25/c1-31(2)20-44(80-6)32(3)81-59-61(93)35-15-18-48(42(77)22-35)108-50-24-37-25-51(65(50)112-74-66(64(96)63(95)52(30-88)110-74)111-54-29-76(5,67(97)33(4)106-54)87-75(105)107-39-12-10-8-7-9-11-13-39)109-49-19-16-36(23-43(49)78)62(94)60-72(102)85-58(73(103)104)41-26-38(89)27-47(91)55(41)40-21-34(14-17-46(40)90)56(69(99)86-60)84-70(100)57(37)83-68(98)45(28-53(79)92)82-71(59)101/h10,12,14-19,21-27,31-33,39,44-45,52,54,56-64,66-67,74,80-81,88-91,93-97H,7-9,11,13,20,28-30H2,1-6H3,(H2,79,92)(H,82,101)(H,83,98)(H,84,100)(H,85,102)(H,86,99)(H,87,105)(H,103,104)/b12-10+/t32?,33-,39?,44+,45-,52+,54-,56+,57+,58-,59+,60-,61+,62+,63+,64-,66+,67+,74-,76-/m0/s1. The van der Waals surface area contributed by atoms with Gasteiger partial charge in [-0.3, -0.25) is 34.1 Å². The predicted molar refractivity (Wildman–Crippen MR) is 395 cm³/mol. The SMILES string of the molecule is CN[C@H](CC(C)C)C(C)N[C@H]1C(=O)N[C@@H](CC(N)=O)C(=O)N[C@H]2C(=O)N[C@H]3C(=O)N[C@H](C(=O)N[C@H](C(=O)O)c4cc(O)cc(O)c4-c4cc3ccc4O)[C@H](O)c3ccc(c(Cl)c3)Oc3cc2cc(c3O[C@@H]2O[C@H](CO)[C@@H](O)[C@H](O)[C@H]2O[C@H]2C[C@](C)(NC(=O)OC3/C=C/CCCCC3)[C@H](O)[C@H](C)O2)Oc2ccc(cc2Cl)[C@H]1O. The largest absolute Gasteiger partial charge is 0.508 e. The van der Waals surface area contributed by atoms with Crippen LogP contribution in [0.3, 0.4) is 0 Å². The van der Waals surface area contributed by atoms with Gasteiger partial charge in [0.15, 0.2) is 29.9 Å². The number of carbonyl (C=O) groups is 8. The van der Waals surface area contributed by atoms with Crippen LogP contribution in [0.15, 0.2) is 91.0 Å². The molecule has 1 aliphatic carbocycles. The molecule has 36 heteroatoms. The van der Waals surface area contributed by atoms with Crippen LogP contribution in [-0.2, 0) is 52.5 Å². The maximum absolute atomic E-state index is 16.2. The summed E-state index contributed by atoms with van der Waals surface area (Å²) in [7, 11) is 1.69. The number of phenols is 3. The summed E-state index contributed by atoms with van der Waals surface area (Å²) in [5, 5.41) is 137. The zero-order chi connectivity index (χ0) is 81.1. The zero-order valence-electron chi connectivity index (χ0n) is 61.5. The number of rotatable bonds is 16. The number of hydrogen-bond acceptors (Lipinski definition) is 26. The number of halogens is 2. The number of hydrogen-bond donors (Lipinski definition) is 19. The van der Waals surface area contributed by atoms with E-state index in [2.05, 4.69) is 42.5 Å². The molecule has 5 aromatic rings. The number of nitrogens with one attached hydrogen (secondary N) is 8. The lowest BCUT2D eigenvalue weighted by atomic mass is 9.85. The topological polar surface area (TPSA) is 526 Å². The maximum Gasteiger partial charge on any atom is 0.408 e. The van der Waals surface area contributed by atoms with Crippen molar-refractivity contribution in [3.8, 4) is 57.1 Å². The lowest BCUT2D eigenvalue weighted by Gasteiger charge is -2.48. The minimum Gasteiger partial charge on any atom is -0.508 e. The van der Waals surface area contributed by atoms with Gasteiger partial charge in [0.25, 0.3) is 0 Å². The average Bonchev–Trinajstić information content (AvgIpc) is 0.842. The fourth-order valence-electron chi connectivity index (χ4n) is 14.6. The average molecular weight is 1600 g/mol. The van der Waals surface area contributed by atoms with Crippen LogP contribution in [-0.4, -0.2) is 203 Å². The van der Waals surface area contributed by atoms with Crippen LogP contribution in [0.1, 0.15) is 144 Å². The van der Waals surface area contributed by atoms with Gasteiger partial charge in [-0.05, 0) is 149 Å². The predicted octanol–water partition coefficient (Wildman–Crippen LogP) is 3.62. The number of primary amides is 1. The van der Waals surface area contributed by atoms with E-state index in [0.717, 1.165) is 86.3 Å². The summed E-state index contributed by atoms with van der Waals surface area (Å²) in [6, 6.07) is 0.188. The second-order valence-corrected chi connectivity index (χ2v) is 30.1. The number of carboxylic acid groups (broad SMARTS) is 1. The highest BCUT2D eigenvalue weighted by Crippen LogP contribution is 2.50. The van der Waals surface area contributed by atoms with Crippen molar-refractivity contribution in [2.24, 2.45) is 11.7 Å². The zero-order valence-corrected chi connectivity index (χ0v) is 63.0. The van der Waals surface area contributed by atoms with E-state index in [1.165, 1.54) is 32.0 Å². The van der Waals surface area contributed by atoms with Gasteiger partial charge in [-0.25, -0.2) is 9.59 Å². The Morgan fingerprint density at radius 3 is 1.99 bits per heavy atom. The number of phenolic OH excluding ortho intramolecular Hbond substituents is 3. The second kappa shape index (κ2) is 35.2. The number of carbonyl (C=O) groups excluding carboxylic acids is 7. The normalized spacial score (nSPS) is 29.8.